The average Bonchev–Trinajstić information content (AvgIpc) is 3.00. The van der Waals surface area contributed by atoms with Gasteiger partial charge in [0.15, 0.2) is 6.61 Å². The second-order valence-corrected chi connectivity index (χ2v) is 9.65. The molecule has 9 heteroatoms. The number of β-lactam (4-membered cyclic amide) rings is 1. The van der Waals surface area contributed by atoms with Crippen LogP contribution >= 0.6 is 11.8 Å². The Labute approximate surface area is 234 Å². The summed E-state index contributed by atoms with van der Waals surface area (Å²) in [6, 6.07) is 17.4. The van der Waals surface area contributed by atoms with Crippen molar-refractivity contribution in [2.75, 3.05) is 6.61 Å². The number of carbonyl (C=O) groups excluding carboxylic acids is 3. The van der Waals surface area contributed by atoms with E-state index in [1.807, 2.05) is 24.3 Å². The third kappa shape index (κ3) is 6.36. The summed E-state index contributed by atoms with van der Waals surface area (Å²) in [7, 11) is 0. The number of rotatable bonds is 5. The number of nitrogens with one attached hydrogen (secondary N) is 1. The molecule has 3 atom stereocenters. The number of carboxylic acid groups (broad SMARTS) is 1. The zero-order chi connectivity index (χ0) is 22.6. The van der Waals surface area contributed by atoms with Gasteiger partial charge in [0.1, 0.15) is 17.2 Å². The van der Waals surface area contributed by atoms with Crippen LogP contribution in [0.3, 0.4) is 0 Å². The van der Waals surface area contributed by atoms with Gasteiger partial charge in [0.05, 0.1) is 12.0 Å². The fraction of sp³-hybridized carbons (Fsp3) is 0.348. The monoisotopic (exact) mass is 480 g/mol. The molecule has 32 heavy (non-hydrogen) atoms. The van der Waals surface area contributed by atoms with Crippen LogP contribution in [-0.2, 0) is 14.4 Å². The fourth-order valence-electron chi connectivity index (χ4n) is 3.54. The zero-order valence-corrected chi connectivity index (χ0v) is 22.5. The summed E-state index contributed by atoms with van der Waals surface area (Å²) >= 11 is 1.35. The van der Waals surface area contributed by atoms with E-state index in [1.54, 1.807) is 38.1 Å². The van der Waals surface area contributed by atoms with E-state index in [-0.39, 0.29) is 58.0 Å². The van der Waals surface area contributed by atoms with Crippen molar-refractivity contribution in [1.82, 2.24) is 10.2 Å². The first-order valence-electron chi connectivity index (χ1n) is 9.90. The summed E-state index contributed by atoms with van der Waals surface area (Å²) in [5.41, 5.74) is 1.32. The molecule has 0 aliphatic carbocycles. The van der Waals surface area contributed by atoms with Crippen LogP contribution in [0.2, 0.25) is 0 Å². The van der Waals surface area contributed by atoms with Gasteiger partial charge >= 0.3 is 51.4 Å². The van der Waals surface area contributed by atoms with Gasteiger partial charge in [-0.3, -0.25) is 9.59 Å². The number of benzene rings is 2. The molecule has 7 nitrogen and oxygen atoms in total. The van der Waals surface area contributed by atoms with Gasteiger partial charge < -0.3 is 24.9 Å². The van der Waals surface area contributed by atoms with Crippen LogP contribution in [0.5, 0.6) is 5.75 Å². The van der Waals surface area contributed by atoms with E-state index in [1.165, 1.54) is 22.2 Å². The van der Waals surface area contributed by atoms with Crippen LogP contribution in [0.4, 0.5) is 0 Å². The predicted octanol–water partition coefficient (Wildman–Crippen LogP) is -1.64. The van der Waals surface area contributed by atoms with Crippen LogP contribution < -0.4 is 66.5 Å². The topological polar surface area (TPSA) is 98.8 Å². The number of hydrogen-bond acceptors (Lipinski definition) is 6. The summed E-state index contributed by atoms with van der Waals surface area (Å²) in [6.45, 7) is 5.38. The minimum absolute atomic E-state index is 0. The minimum atomic E-state index is -1.28. The van der Waals surface area contributed by atoms with Crippen molar-refractivity contribution < 1.29 is 75.6 Å². The number of hydrogen-bond donors (Lipinski definition) is 1. The fourth-order valence-corrected chi connectivity index (χ4v) is 5.16. The maximum Gasteiger partial charge on any atom is 1.00 e. The van der Waals surface area contributed by atoms with Crippen molar-refractivity contribution in [2.45, 2.75) is 43.0 Å². The van der Waals surface area contributed by atoms with Crippen molar-refractivity contribution in [3.8, 4) is 5.75 Å². The molecular formula is C23H25KN2O5S. The third-order valence-electron chi connectivity index (χ3n) is 5.03. The summed E-state index contributed by atoms with van der Waals surface area (Å²) in [6.07, 6.45) is 0. The number of thioether (sulfide) groups is 1. The van der Waals surface area contributed by atoms with Gasteiger partial charge in [-0.1, -0.05) is 54.1 Å². The molecule has 0 radical (unpaired) electrons. The summed E-state index contributed by atoms with van der Waals surface area (Å²) in [5.74, 6) is -1.55. The van der Waals surface area contributed by atoms with E-state index in [0.29, 0.717) is 5.75 Å². The van der Waals surface area contributed by atoms with E-state index >= 15 is 0 Å². The smallest absolute Gasteiger partial charge is 0.548 e. The SMILES string of the molecule is CC1(C)S[C@@H]2[C@H](NC(=O)COc3ccccc3)C(=O)N2[C@H]1C(=O)[O-].Cc1ccccc1.[K+]. The Morgan fingerprint density at radius 3 is 2.16 bits per heavy atom. The molecule has 1 N–H and O–H groups in total. The molecule has 2 amide bonds. The van der Waals surface area contributed by atoms with E-state index in [4.69, 9.17) is 4.74 Å². The molecule has 2 heterocycles. The Bertz CT molecular complexity index is 942. The van der Waals surface area contributed by atoms with Gasteiger partial charge in [-0.05, 0) is 32.9 Å². The van der Waals surface area contributed by atoms with Gasteiger partial charge in [-0.25, -0.2) is 0 Å². The number of aryl methyl sites for hydroxylation is 1. The van der Waals surface area contributed by atoms with Crippen LogP contribution in [0, 0.1) is 6.92 Å². The standard InChI is InChI=1S/C16H18N2O5S.C7H8.K/c1-16(2)12(15(21)22)18-13(20)11(14(18)24-16)17-10(19)8-23-9-6-4-3-5-7-9;1-7-5-3-2-4-6-7;/h3-7,11-12,14H,8H2,1-2H3,(H,17,19)(H,21,22);2-6H,1H3;/q;;+1/p-1/t11-,12+,14-;;/m1../s1. The largest absolute Gasteiger partial charge is 1.00 e. The van der Waals surface area contributed by atoms with Crippen molar-refractivity contribution in [1.29, 1.82) is 0 Å². The molecule has 0 spiro atoms. The van der Waals surface area contributed by atoms with Gasteiger partial charge in [0.2, 0.25) is 5.91 Å². The van der Waals surface area contributed by atoms with Crippen LogP contribution in [0.1, 0.15) is 19.4 Å². The number of carboxylic acids is 1. The quantitative estimate of drug-likeness (QED) is 0.407. The molecule has 164 valence electrons. The Kier molecular flexibility index (Phi) is 9.80. The summed E-state index contributed by atoms with van der Waals surface area (Å²) in [5, 5.41) is 13.5. The predicted molar refractivity (Wildman–Crippen MR) is 116 cm³/mol. The first kappa shape index (κ1) is 26.9. The van der Waals surface area contributed by atoms with Crippen molar-refractivity contribution in [3.05, 3.63) is 66.2 Å². The maximum atomic E-state index is 12.2. The zero-order valence-electron chi connectivity index (χ0n) is 18.6. The number of nitrogens with zero attached hydrogens (tertiary/aromatic N) is 1. The Morgan fingerprint density at radius 1 is 1.09 bits per heavy atom. The molecule has 2 saturated heterocycles. The number of aliphatic carboxylic acids is 1. The van der Waals surface area contributed by atoms with Crippen molar-refractivity contribution in [2.24, 2.45) is 0 Å². The molecule has 4 rings (SSSR count). The summed E-state index contributed by atoms with van der Waals surface area (Å²) in [4.78, 5) is 36.8. The van der Waals surface area contributed by atoms with Crippen molar-refractivity contribution >= 4 is 29.5 Å². The van der Waals surface area contributed by atoms with Crippen LogP contribution in [-0.4, -0.2) is 51.5 Å². The normalized spacial score (nSPS) is 22.3. The molecule has 2 aliphatic rings. The van der Waals surface area contributed by atoms with E-state index in [0.717, 1.165) is 0 Å². The summed E-state index contributed by atoms with van der Waals surface area (Å²) < 4.78 is 4.67. The second-order valence-electron chi connectivity index (χ2n) is 7.88. The number of carbonyl (C=O) groups is 3. The van der Waals surface area contributed by atoms with Gasteiger partial charge in [0.25, 0.3) is 5.91 Å². The Balaban J connectivity index is 0.000000388. The van der Waals surface area contributed by atoms with Crippen LogP contribution in [0.15, 0.2) is 60.7 Å². The molecule has 2 aliphatic heterocycles. The Hall–Kier alpha value is -1.36. The number of ether oxygens (including phenoxy) is 1. The van der Waals surface area contributed by atoms with E-state index < -0.39 is 40.0 Å². The molecule has 0 unspecified atom stereocenters. The van der Waals surface area contributed by atoms with Gasteiger partial charge in [-0.2, -0.15) is 0 Å². The molecule has 2 fully saturated rings. The third-order valence-corrected chi connectivity index (χ3v) is 6.61. The average molecular weight is 481 g/mol. The molecule has 0 bridgehead atoms. The minimum Gasteiger partial charge on any atom is -0.548 e. The number of para-hydroxylation sites is 1. The first-order chi connectivity index (χ1) is 14.7. The van der Waals surface area contributed by atoms with E-state index in [9.17, 15) is 19.5 Å². The molecule has 2 aromatic rings. The first-order valence-corrected chi connectivity index (χ1v) is 10.8. The number of amides is 2. The maximum absolute atomic E-state index is 12.2. The Morgan fingerprint density at radius 2 is 1.66 bits per heavy atom. The van der Waals surface area contributed by atoms with Gasteiger partial charge in [-0.15, -0.1) is 11.8 Å². The molecule has 0 saturated carbocycles. The second kappa shape index (κ2) is 11.7. The van der Waals surface area contributed by atoms with Gasteiger partial charge in [0, 0.05) is 4.75 Å². The molecular weight excluding hydrogens is 455 g/mol. The molecule has 2 aromatic carbocycles. The molecule has 0 aromatic heterocycles. The van der Waals surface area contributed by atoms with Crippen LogP contribution in [0.25, 0.3) is 0 Å². The van der Waals surface area contributed by atoms with E-state index in [2.05, 4.69) is 24.4 Å². The number of fused-ring (bicyclic) bond motifs is 1. The van der Waals surface area contributed by atoms with Crippen molar-refractivity contribution in [3.63, 3.8) is 0 Å².